The van der Waals surface area contributed by atoms with Crippen molar-refractivity contribution in [1.82, 2.24) is 0 Å². The van der Waals surface area contributed by atoms with Gasteiger partial charge in [-0.1, -0.05) is 24.3 Å². The second-order valence-electron chi connectivity index (χ2n) is 7.72. The molecule has 4 rings (SSSR count). The lowest BCUT2D eigenvalue weighted by Gasteiger charge is -2.34. The maximum atomic E-state index is 13.2. The third-order valence-electron chi connectivity index (χ3n) is 5.93. The number of anilines is 1. The van der Waals surface area contributed by atoms with Crippen LogP contribution in [0.5, 0.6) is 11.5 Å². The summed E-state index contributed by atoms with van der Waals surface area (Å²) in [6, 6.07) is 20.1. The largest absolute Gasteiger partial charge is 0.493 e. The number of ether oxygens (including phenoxy) is 2. The minimum absolute atomic E-state index is 0.0325. The van der Waals surface area contributed by atoms with Crippen LogP contribution in [0.2, 0.25) is 0 Å². The predicted molar refractivity (Wildman–Crippen MR) is 121 cm³/mol. The molecule has 1 aliphatic heterocycles. The minimum Gasteiger partial charge on any atom is -0.493 e. The third-order valence-corrected chi connectivity index (χ3v) is 5.93. The van der Waals surface area contributed by atoms with E-state index in [1.165, 1.54) is 12.1 Å². The Balaban J connectivity index is 1.52. The molecule has 0 aliphatic carbocycles. The number of halogens is 1. The Kier molecular flexibility index (Phi) is 6.21. The van der Waals surface area contributed by atoms with Crippen LogP contribution in [0.4, 0.5) is 10.1 Å². The number of benzene rings is 3. The van der Waals surface area contributed by atoms with Crippen LogP contribution in [-0.4, -0.2) is 33.1 Å². The summed E-state index contributed by atoms with van der Waals surface area (Å²) in [6.07, 6.45) is 1.55. The topological polar surface area (TPSA) is 38.8 Å². The molecule has 0 atom stereocenters. The molecule has 0 bridgehead atoms. The van der Waals surface area contributed by atoms with Crippen molar-refractivity contribution in [1.29, 1.82) is 0 Å². The number of carbonyl (C=O) groups excluding carboxylic acids is 1. The lowest BCUT2D eigenvalue weighted by Crippen LogP contribution is -2.36. The van der Waals surface area contributed by atoms with Gasteiger partial charge in [0.05, 0.1) is 14.2 Å². The van der Waals surface area contributed by atoms with E-state index in [0.29, 0.717) is 17.1 Å². The van der Waals surface area contributed by atoms with Crippen molar-refractivity contribution in [2.75, 3.05) is 32.2 Å². The molecule has 0 amide bonds. The number of Topliss-reactive ketones (excluding diaryl/α,β-unsaturated/α-hetero) is 1. The van der Waals surface area contributed by atoms with Crippen LogP contribution in [0.15, 0.2) is 66.7 Å². The van der Waals surface area contributed by atoms with Crippen LogP contribution < -0.4 is 14.4 Å². The van der Waals surface area contributed by atoms with Crippen molar-refractivity contribution in [2.24, 2.45) is 5.92 Å². The molecule has 3 aromatic rings. The van der Waals surface area contributed by atoms with E-state index in [1.54, 1.807) is 26.4 Å². The Hall–Kier alpha value is -3.34. The lowest BCUT2D eigenvalue weighted by molar-refractivity contribution is 0.0900. The molecule has 0 aromatic heterocycles. The minimum atomic E-state index is -0.321. The summed E-state index contributed by atoms with van der Waals surface area (Å²) < 4.78 is 24.0. The number of rotatable bonds is 6. The van der Waals surface area contributed by atoms with Crippen LogP contribution in [0.25, 0.3) is 11.1 Å². The van der Waals surface area contributed by atoms with Gasteiger partial charge < -0.3 is 14.4 Å². The molecule has 31 heavy (non-hydrogen) atoms. The summed E-state index contributed by atoms with van der Waals surface area (Å²) >= 11 is 0. The first kappa shape index (κ1) is 20.9. The van der Waals surface area contributed by atoms with E-state index in [0.717, 1.165) is 42.7 Å². The summed E-state index contributed by atoms with van der Waals surface area (Å²) in [4.78, 5) is 15.1. The van der Waals surface area contributed by atoms with E-state index < -0.39 is 0 Å². The van der Waals surface area contributed by atoms with Crippen molar-refractivity contribution < 1.29 is 18.7 Å². The van der Waals surface area contributed by atoms with Crippen LogP contribution in [0, 0.1) is 11.7 Å². The Morgan fingerprint density at radius 3 is 2.26 bits per heavy atom. The van der Waals surface area contributed by atoms with E-state index in [-0.39, 0.29) is 17.5 Å². The van der Waals surface area contributed by atoms with Gasteiger partial charge in [-0.15, -0.1) is 0 Å². The Morgan fingerprint density at radius 2 is 1.58 bits per heavy atom. The number of hydrogen-bond acceptors (Lipinski definition) is 4. The second-order valence-corrected chi connectivity index (χ2v) is 7.72. The smallest absolute Gasteiger partial charge is 0.166 e. The van der Waals surface area contributed by atoms with E-state index in [4.69, 9.17) is 9.47 Å². The molecular weight excluding hydrogens is 393 g/mol. The summed E-state index contributed by atoms with van der Waals surface area (Å²) in [5.74, 6) is 1.14. The molecular formula is C26H26FNO3. The van der Waals surface area contributed by atoms with Gasteiger partial charge in [0.25, 0.3) is 0 Å². The van der Waals surface area contributed by atoms with E-state index in [1.807, 2.05) is 30.3 Å². The first-order valence-corrected chi connectivity index (χ1v) is 10.5. The van der Waals surface area contributed by atoms with Gasteiger partial charge in [0, 0.05) is 35.8 Å². The van der Waals surface area contributed by atoms with Crippen molar-refractivity contribution in [3.8, 4) is 22.6 Å². The fourth-order valence-electron chi connectivity index (χ4n) is 4.23. The van der Waals surface area contributed by atoms with Gasteiger partial charge in [-0.2, -0.15) is 0 Å². The first-order valence-electron chi connectivity index (χ1n) is 10.5. The SMILES string of the molecule is COc1ccc(-c2ccccc2N2CCC(C(=O)c3ccc(F)cc3)CC2)cc1OC. The van der Waals surface area contributed by atoms with Gasteiger partial charge in [-0.05, 0) is 60.9 Å². The highest BCUT2D eigenvalue weighted by molar-refractivity contribution is 5.98. The maximum absolute atomic E-state index is 13.2. The molecule has 0 spiro atoms. The molecule has 1 heterocycles. The summed E-state index contributed by atoms with van der Waals surface area (Å²) in [5.41, 5.74) is 3.90. The quantitative estimate of drug-likeness (QED) is 0.487. The number of hydrogen-bond donors (Lipinski definition) is 0. The van der Waals surface area contributed by atoms with E-state index in [9.17, 15) is 9.18 Å². The highest BCUT2D eigenvalue weighted by Crippen LogP contribution is 2.38. The molecule has 0 unspecified atom stereocenters. The number of piperidine rings is 1. The van der Waals surface area contributed by atoms with Crippen LogP contribution in [0.1, 0.15) is 23.2 Å². The lowest BCUT2D eigenvalue weighted by atomic mass is 9.88. The molecule has 0 N–H and O–H groups in total. The Morgan fingerprint density at radius 1 is 0.903 bits per heavy atom. The van der Waals surface area contributed by atoms with Crippen molar-refractivity contribution in [3.63, 3.8) is 0 Å². The zero-order valence-electron chi connectivity index (χ0n) is 17.8. The van der Waals surface area contributed by atoms with Gasteiger partial charge in [-0.25, -0.2) is 4.39 Å². The van der Waals surface area contributed by atoms with Crippen molar-refractivity contribution in [3.05, 3.63) is 78.1 Å². The van der Waals surface area contributed by atoms with Crippen LogP contribution >= 0.6 is 0 Å². The Bertz CT molecular complexity index is 1060. The third kappa shape index (κ3) is 4.41. The second kappa shape index (κ2) is 9.21. The van der Waals surface area contributed by atoms with Crippen LogP contribution in [-0.2, 0) is 0 Å². The molecule has 0 saturated carbocycles. The number of ketones is 1. The monoisotopic (exact) mass is 419 g/mol. The fourth-order valence-corrected chi connectivity index (χ4v) is 4.23. The molecule has 1 fully saturated rings. The molecule has 0 radical (unpaired) electrons. The van der Waals surface area contributed by atoms with Gasteiger partial charge >= 0.3 is 0 Å². The summed E-state index contributed by atoms with van der Waals surface area (Å²) in [7, 11) is 3.26. The normalized spacial score (nSPS) is 14.4. The average molecular weight is 419 g/mol. The summed E-state index contributed by atoms with van der Waals surface area (Å²) in [5, 5.41) is 0. The first-order chi connectivity index (χ1) is 15.1. The highest BCUT2D eigenvalue weighted by atomic mass is 19.1. The molecule has 160 valence electrons. The van der Waals surface area contributed by atoms with Crippen LogP contribution in [0.3, 0.4) is 0 Å². The number of carbonyl (C=O) groups is 1. The van der Waals surface area contributed by atoms with E-state index in [2.05, 4.69) is 17.0 Å². The molecule has 4 nitrogen and oxygen atoms in total. The van der Waals surface area contributed by atoms with Crippen molar-refractivity contribution in [2.45, 2.75) is 12.8 Å². The molecule has 1 saturated heterocycles. The van der Waals surface area contributed by atoms with Crippen molar-refractivity contribution >= 4 is 11.5 Å². The maximum Gasteiger partial charge on any atom is 0.166 e. The average Bonchev–Trinajstić information content (AvgIpc) is 2.83. The predicted octanol–water partition coefficient (Wildman–Crippen LogP) is 5.61. The van der Waals surface area contributed by atoms with Gasteiger partial charge in [0.1, 0.15) is 5.82 Å². The molecule has 3 aromatic carbocycles. The molecule has 5 heteroatoms. The Labute approximate surface area is 182 Å². The van der Waals surface area contributed by atoms with Gasteiger partial charge in [0.15, 0.2) is 17.3 Å². The van der Waals surface area contributed by atoms with E-state index >= 15 is 0 Å². The number of methoxy groups -OCH3 is 2. The molecule has 1 aliphatic rings. The standard InChI is InChI=1S/C26H26FNO3/c1-30-24-12-9-20(17-25(24)31-2)22-5-3-4-6-23(22)28-15-13-19(14-16-28)26(29)18-7-10-21(27)11-8-18/h3-12,17,19H,13-16H2,1-2H3. The highest BCUT2D eigenvalue weighted by Gasteiger charge is 2.27. The van der Waals surface area contributed by atoms with Gasteiger partial charge in [-0.3, -0.25) is 4.79 Å². The zero-order chi connectivity index (χ0) is 21.8. The summed E-state index contributed by atoms with van der Waals surface area (Å²) in [6.45, 7) is 1.59. The zero-order valence-corrected chi connectivity index (χ0v) is 17.8. The number of nitrogens with zero attached hydrogens (tertiary/aromatic N) is 1. The fraction of sp³-hybridized carbons (Fsp3) is 0.269. The van der Waals surface area contributed by atoms with Gasteiger partial charge in [0.2, 0.25) is 0 Å². The number of para-hydroxylation sites is 1.